The lowest BCUT2D eigenvalue weighted by molar-refractivity contribution is -0.137. The fourth-order valence-corrected chi connectivity index (χ4v) is 3.23. The van der Waals surface area contributed by atoms with Crippen LogP contribution in [0.2, 0.25) is 0 Å². The van der Waals surface area contributed by atoms with Crippen LogP contribution in [0, 0.1) is 0 Å². The van der Waals surface area contributed by atoms with Crippen molar-refractivity contribution in [1.29, 1.82) is 0 Å². The second-order valence-electron chi connectivity index (χ2n) is 6.85. The number of esters is 1. The lowest BCUT2D eigenvalue weighted by Crippen LogP contribution is -2.01. The third-order valence-corrected chi connectivity index (χ3v) is 4.73. The predicted molar refractivity (Wildman–Crippen MR) is 111 cm³/mol. The van der Waals surface area contributed by atoms with Crippen LogP contribution in [0.25, 0.3) is 16.7 Å². The molecule has 5 heteroatoms. The first-order chi connectivity index (χ1) is 13.8. The molecular weight excluding hydrogens is 350 g/mol. The highest BCUT2D eigenvalue weighted by Gasteiger charge is 2.08. The van der Waals surface area contributed by atoms with Crippen molar-refractivity contribution >= 4 is 17.0 Å². The Bertz CT molecular complexity index is 903. The molecule has 0 saturated carbocycles. The third kappa shape index (κ3) is 5.52. The number of aromatic nitrogens is 3. The van der Waals surface area contributed by atoms with E-state index in [4.69, 9.17) is 9.84 Å². The van der Waals surface area contributed by atoms with Crippen LogP contribution < -0.4 is 0 Å². The van der Waals surface area contributed by atoms with Crippen LogP contribution >= 0.6 is 0 Å². The van der Waals surface area contributed by atoms with Crippen LogP contribution in [0.4, 0.5) is 0 Å². The molecule has 0 aliphatic carbocycles. The molecule has 0 fully saturated rings. The van der Waals surface area contributed by atoms with Gasteiger partial charge in [-0.1, -0.05) is 62.6 Å². The van der Waals surface area contributed by atoms with Gasteiger partial charge in [0.25, 0.3) is 0 Å². The van der Waals surface area contributed by atoms with E-state index in [1.54, 1.807) is 4.80 Å². The van der Waals surface area contributed by atoms with Crippen LogP contribution in [-0.4, -0.2) is 27.6 Å². The van der Waals surface area contributed by atoms with E-state index in [-0.39, 0.29) is 5.97 Å². The Hall–Kier alpha value is -2.95. The number of fused-ring (bicyclic) bond motifs is 1. The number of unbranched alkanes of at least 4 members (excludes halogenated alkanes) is 5. The molecule has 0 aliphatic heterocycles. The van der Waals surface area contributed by atoms with Gasteiger partial charge in [0, 0.05) is 6.08 Å². The van der Waals surface area contributed by atoms with E-state index in [1.807, 2.05) is 36.4 Å². The maximum Gasteiger partial charge on any atom is 0.330 e. The number of nitrogens with zero attached hydrogens (tertiary/aromatic N) is 3. The summed E-state index contributed by atoms with van der Waals surface area (Å²) in [5.74, 6) is -0.335. The van der Waals surface area contributed by atoms with Crippen molar-refractivity contribution < 1.29 is 9.53 Å². The Morgan fingerprint density at radius 2 is 1.68 bits per heavy atom. The van der Waals surface area contributed by atoms with E-state index in [1.165, 1.54) is 30.9 Å². The summed E-state index contributed by atoms with van der Waals surface area (Å²) in [5, 5.41) is 9.32. The highest BCUT2D eigenvalue weighted by Crippen LogP contribution is 2.19. The van der Waals surface area contributed by atoms with Gasteiger partial charge in [-0.3, -0.25) is 0 Å². The zero-order valence-corrected chi connectivity index (χ0v) is 16.2. The largest absolute Gasteiger partial charge is 0.463 e. The van der Waals surface area contributed by atoms with Gasteiger partial charge in [-0.2, -0.15) is 4.80 Å². The molecule has 0 saturated heterocycles. The molecule has 2 aromatic carbocycles. The van der Waals surface area contributed by atoms with Gasteiger partial charge in [0.05, 0.1) is 12.3 Å². The van der Waals surface area contributed by atoms with Gasteiger partial charge in [-0.25, -0.2) is 4.79 Å². The fraction of sp³-hybridized carbons (Fsp3) is 0.348. The van der Waals surface area contributed by atoms with Crippen LogP contribution in [-0.2, 0) is 16.0 Å². The average Bonchev–Trinajstić information content (AvgIpc) is 3.18. The molecule has 0 atom stereocenters. The second-order valence-corrected chi connectivity index (χ2v) is 6.85. The second kappa shape index (κ2) is 10.4. The van der Waals surface area contributed by atoms with Gasteiger partial charge in [0.15, 0.2) is 0 Å². The number of carbonyl (C=O) groups is 1. The number of rotatable bonds is 11. The highest BCUT2D eigenvalue weighted by molar-refractivity contribution is 5.81. The summed E-state index contributed by atoms with van der Waals surface area (Å²) >= 11 is 0. The number of carbonyl (C=O) groups excluding carboxylic acids is 1. The Labute approximate surface area is 166 Å². The monoisotopic (exact) mass is 377 g/mol. The minimum absolute atomic E-state index is 0.335. The minimum Gasteiger partial charge on any atom is -0.463 e. The number of benzene rings is 2. The molecule has 0 spiro atoms. The minimum atomic E-state index is -0.335. The van der Waals surface area contributed by atoms with Gasteiger partial charge in [0.1, 0.15) is 11.0 Å². The zero-order chi connectivity index (χ0) is 19.6. The molecule has 1 aromatic heterocycles. The zero-order valence-electron chi connectivity index (χ0n) is 16.2. The Kier molecular flexibility index (Phi) is 7.36. The molecule has 146 valence electrons. The van der Waals surface area contributed by atoms with Gasteiger partial charge in [-0.05, 0) is 43.0 Å². The summed E-state index contributed by atoms with van der Waals surface area (Å²) in [6.45, 7) is 3.88. The standard InChI is InChI=1S/C23H27N3O2/c1-2-22(27)28-18-11-6-4-3-5-8-13-19-14-12-17-21-23(19)25-26(24-21)20-15-9-7-10-16-20/h2,7,9-10,12,14-17H,1,3-6,8,11,13,18H2. The lowest BCUT2D eigenvalue weighted by Gasteiger charge is -2.04. The van der Waals surface area contributed by atoms with Crippen LogP contribution in [0.15, 0.2) is 61.2 Å². The maximum absolute atomic E-state index is 10.9. The summed E-state index contributed by atoms with van der Waals surface area (Å²) in [4.78, 5) is 12.7. The molecule has 0 unspecified atom stereocenters. The Balaban J connectivity index is 1.43. The number of hydrogen-bond acceptors (Lipinski definition) is 4. The molecule has 0 radical (unpaired) electrons. The molecule has 28 heavy (non-hydrogen) atoms. The van der Waals surface area contributed by atoms with E-state index >= 15 is 0 Å². The first-order valence-corrected chi connectivity index (χ1v) is 9.97. The first kappa shape index (κ1) is 19.8. The Morgan fingerprint density at radius 1 is 0.929 bits per heavy atom. The van der Waals surface area contributed by atoms with E-state index in [0.717, 1.165) is 42.4 Å². The molecule has 0 bridgehead atoms. The third-order valence-electron chi connectivity index (χ3n) is 4.73. The van der Waals surface area contributed by atoms with Crippen molar-refractivity contribution in [3.05, 3.63) is 66.7 Å². The van der Waals surface area contributed by atoms with Gasteiger partial charge < -0.3 is 4.74 Å². The maximum atomic E-state index is 10.9. The molecule has 3 rings (SSSR count). The number of aryl methyl sites for hydroxylation is 1. The van der Waals surface area contributed by atoms with Crippen molar-refractivity contribution in [2.75, 3.05) is 6.61 Å². The van der Waals surface area contributed by atoms with E-state index in [9.17, 15) is 4.79 Å². The average molecular weight is 377 g/mol. The van der Waals surface area contributed by atoms with Crippen LogP contribution in [0.3, 0.4) is 0 Å². The number of ether oxygens (including phenoxy) is 1. The topological polar surface area (TPSA) is 57.0 Å². The molecule has 5 nitrogen and oxygen atoms in total. The van der Waals surface area contributed by atoms with Gasteiger partial charge in [-0.15, -0.1) is 10.2 Å². The molecule has 1 heterocycles. The first-order valence-electron chi connectivity index (χ1n) is 9.97. The van der Waals surface area contributed by atoms with E-state index in [0.29, 0.717) is 6.61 Å². The van der Waals surface area contributed by atoms with Crippen LogP contribution in [0.5, 0.6) is 0 Å². The lowest BCUT2D eigenvalue weighted by atomic mass is 10.0. The van der Waals surface area contributed by atoms with Crippen molar-refractivity contribution in [2.24, 2.45) is 0 Å². The molecule has 3 aromatic rings. The van der Waals surface area contributed by atoms with Gasteiger partial charge in [0.2, 0.25) is 0 Å². The van der Waals surface area contributed by atoms with E-state index < -0.39 is 0 Å². The highest BCUT2D eigenvalue weighted by atomic mass is 16.5. The number of para-hydroxylation sites is 1. The quantitative estimate of drug-likeness (QED) is 0.267. The van der Waals surface area contributed by atoms with Crippen LogP contribution in [0.1, 0.15) is 44.1 Å². The summed E-state index contributed by atoms with van der Waals surface area (Å²) in [6.07, 6.45) is 8.92. The van der Waals surface area contributed by atoms with E-state index in [2.05, 4.69) is 23.8 Å². The SMILES string of the molecule is C=CC(=O)OCCCCCCCCc1cccc2nn(-c3ccccc3)nc12. The molecule has 0 N–H and O–H groups in total. The normalized spacial score (nSPS) is 10.9. The van der Waals surface area contributed by atoms with Crippen molar-refractivity contribution in [3.63, 3.8) is 0 Å². The van der Waals surface area contributed by atoms with Crippen molar-refractivity contribution in [3.8, 4) is 5.69 Å². The fourth-order valence-electron chi connectivity index (χ4n) is 3.23. The summed E-state index contributed by atoms with van der Waals surface area (Å²) < 4.78 is 4.98. The van der Waals surface area contributed by atoms with Crippen molar-refractivity contribution in [1.82, 2.24) is 15.0 Å². The molecule has 0 amide bonds. The summed E-state index contributed by atoms with van der Waals surface area (Å²) in [6, 6.07) is 16.2. The molecular formula is C23H27N3O2. The predicted octanol–water partition coefficient (Wildman–Crippen LogP) is 5.03. The number of hydrogen-bond donors (Lipinski definition) is 0. The smallest absolute Gasteiger partial charge is 0.330 e. The van der Waals surface area contributed by atoms with Crippen molar-refractivity contribution in [2.45, 2.75) is 44.9 Å². The van der Waals surface area contributed by atoms with Gasteiger partial charge >= 0.3 is 5.97 Å². The summed E-state index contributed by atoms with van der Waals surface area (Å²) in [5.41, 5.74) is 4.17. The Morgan fingerprint density at radius 3 is 2.46 bits per heavy atom. The molecule has 0 aliphatic rings. The summed E-state index contributed by atoms with van der Waals surface area (Å²) in [7, 11) is 0.